The Labute approximate surface area is 89.3 Å². The van der Waals surface area contributed by atoms with Crippen molar-refractivity contribution in [3.05, 3.63) is 29.8 Å². The summed E-state index contributed by atoms with van der Waals surface area (Å²) >= 11 is 1.74. The first kappa shape index (κ1) is 11.6. The van der Waals surface area contributed by atoms with E-state index in [-0.39, 0.29) is 0 Å². The summed E-state index contributed by atoms with van der Waals surface area (Å²) in [7, 11) is 1.70. The molecule has 1 unspecified atom stereocenters. The first-order chi connectivity index (χ1) is 6.74. The van der Waals surface area contributed by atoms with Crippen LogP contribution < -0.4 is 0 Å². The van der Waals surface area contributed by atoms with Crippen molar-refractivity contribution >= 4 is 11.8 Å². The minimum Gasteiger partial charge on any atom is -0.389 e. The topological polar surface area (TPSA) is 29.5 Å². The summed E-state index contributed by atoms with van der Waals surface area (Å²) in [4.78, 5) is 1.18. The number of methoxy groups -OCH3 is 1. The van der Waals surface area contributed by atoms with E-state index in [1.807, 2.05) is 24.3 Å². The lowest BCUT2D eigenvalue weighted by molar-refractivity contribution is 0.199. The summed E-state index contributed by atoms with van der Waals surface area (Å²) in [6.07, 6.45) is -0.391. The van der Waals surface area contributed by atoms with Crippen LogP contribution in [0.4, 0.5) is 0 Å². The molecule has 3 heteroatoms. The highest BCUT2D eigenvalue weighted by molar-refractivity contribution is 7.99. The summed E-state index contributed by atoms with van der Waals surface area (Å²) in [6, 6.07) is 7.97. The van der Waals surface area contributed by atoms with E-state index in [1.54, 1.807) is 25.8 Å². The normalized spacial score (nSPS) is 12.8. The molecule has 0 saturated heterocycles. The maximum atomic E-state index is 9.39. The molecule has 0 saturated carbocycles. The SMILES string of the molecule is COCCSc1cccc(C(C)O)c1. The zero-order chi connectivity index (χ0) is 10.4. The van der Waals surface area contributed by atoms with E-state index in [1.165, 1.54) is 4.90 Å². The molecule has 0 aliphatic rings. The second-order valence-corrected chi connectivity index (χ2v) is 4.26. The van der Waals surface area contributed by atoms with Crippen LogP contribution in [0.5, 0.6) is 0 Å². The van der Waals surface area contributed by atoms with Gasteiger partial charge in [0.15, 0.2) is 0 Å². The molecule has 0 bridgehead atoms. The Bertz CT molecular complexity index is 274. The molecule has 0 amide bonds. The smallest absolute Gasteiger partial charge is 0.0762 e. The molecule has 0 aliphatic carbocycles. The van der Waals surface area contributed by atoms with E-state index >= 15 is 0 Å². The monoisotopic (exact) mass is 212 g/mol. The summed E-state index contributed by atoms with van der Waals surface area (Å²) in [5.41, 5.74) is 0.965. The number of benzene rings is 1. The van der Waals surface area contributed by atoms with E-state index in [0.29, 0.717) is 0 Å². The van der Waals surface area contributed by atoms with E-state index in [9.17, 15) is 5.11 Å². The van der Waals surface area contributed by atoms with Crippen LogP contribution in [-0.2, 0) is 4.74 Å². The van der Waals surface area contributed by atoms with Crippen LogP contribution in [0.25, 0.3) is 0 Å². The number of hydrogen-bond donors (Lipinski definition) is 1. The van der Waals surface area contributed by atoms with Crippen LogP contribution >= 0.6 is 11.8 Å². The van der Waals surface area contributed by atoms with Crippen LogP contribution in [0, 0.1) is 0 Å². The summed E-state index contributed by atoms with van der Waals surface area (Å²) in [5, 5.41) is 9.39. The van der Waals surface area contributed by atoms with Gasteiger partial charge in [0.05, 0.1) is 12.7 Å². The van der Waals surface area contributed by atoms with Gasteiger partial charge in [-0.05, 0) is 24.6 Å². The van der Waals surface area contributed by atoms with Gasteiger partial charge in [-0.25, -0.2) is 0 Å². The molecule has 0 heterocycles. The molecule has 1 aromatic carbocycles. The fourth-order valence-corrected chi connectivity index (χ4v) is 1.99. The molecular weight excluding hydrogens is 196 g/mol. The van der Waals surface area contributed by atoms with Gasteiger partial charge in [0.1, 0.15) is 0 Å². The Balaban J connectivity index is 2.55. The van der Waals surface area contributed by atoms with Crippen molar-refractivity contribution in [1.82, 2.24) is 0 Å². The van der Waals surface area contributed by atoms with Gasteiger partial charge in [0, 0.05) is 17.8 Å². The van der Waals surface area contributed by atoms with Crippen LogP contribution in [-0.4, -0.2) is 24.6 Å². The van der Waals surface area contributed by atoms with Gasteiger partial charge in [-0.15, -0.1) is 11.8 Å². The lowest BCUT2D eigenvalue weighted by atomic mass is 10.1. The molecule has 0 radical (unpaired) electrons. The summed E-state index contributed by atoms with van der Waals surface area (Å²) in [6.45, 7) is 2.53. The largest absolute Gasteiger partial charge is 0.389 e. The fraction of sp³-hybridized carbons (Fsp3) is 0.455. The highest BCUT2D eigenvalue weighted by Gasteiger charge is 2.01. The molecule has 2 nitrogen and oxygen atoms in total. The van der Waals surface area contributed by atoms with Gasteiger partial charge >= 0.3 is 0 Å². The van der Waals surface area contributed by atoms with Crippen molar-refractivity contribution in [3.8, 4) is 0 Å². The van der Waals surface area contributed by atoms with Crippen LogP contribution in [0.3, 0.4) is 0 Å². The number of aliphatic hydroxyl groups excluding tert-OH is 1. The highest BCUT2D eigenvalue weighted by atomic mass is 32.2. The van der Waals surface area contributed by atoms with Gasteiger partial charge in [-0.1, -0.05) is 12.1 Å². The Kier molecular flexibility index (Phi) is 5.01. The number of rotatable bonds is 5. The van der Waals surface area contributed by atoms with E-state index in [0.717, 1.165) is 17.9 Å². The first-order valence-corrected chi connectivity index (χ1v) is 5.62. The van der Waals surface area contributed by atoms with Gasteiger partial charge in [-0.3, -0.25) is 0 Å². The molecule has 1 N–H and O–H groups in total. The van der Waals surface area contributed by atoms with Gasteiger partial charge in [-0.2, -0.15) is 0 Å². The van der Waals surface area contributed by atoms with Crippen molar-refractivity contribution in [3.63, 3.8) is 0 Å². The Hall–Kier alpha value is -0.510. The number of hydrogen-bond acceptors (Lipinski definition) is 3. The maximum Gasteiger partial charge on any atom is 0.0762 e. The molecule has 0 fully saturated rings. The Morgan fingerprint density at radius 1 is 1.50 bits per heavy atom. The van der Waals surface area contributed by atoms with Crippen molar-refractivity contribution < 1.29 is 9.84 Å². The molecule has 1 rings (SSSR count). The molecule has 0 aromatic heterocycles. The highest BCUT2D eigenvalue weighted by Crippen LogP contribution is 2.21. The third-order valence-electron chi connectivity index (χ3n) is 1.90. The average molecular weight is 212 g/mol. The van der Waals surface area contributed by atoms with Gasteiger partial charge in [0.25, 0.3) is 0 Å². The quantitative estimate of drug-likeness (QED) is 0.600. The van der Waals surface area contributed by atoms with Crippen molar-refractivity contribution in [1.29, 1.82) is 0 Å². The van der Waals surface area contributed by atoms with Gasteiger partial charge in [0.2, 0.25) is 0 Å². The number of ether oxygens (including phenoxy) is 1. The second kappa shape index (κ2) is 6.06. The summed E-state index contributed by atoms with van der Waals surface area (Å²) in [5.74, 6) is 0.944. The van der Waals surface area contributed by atoms with Crippen molar-refractivity contribution in [2.75, 3.05) is 19.5 Å². The molecule has 0 spiro atoms. The lowest BCUT2D eigenvalue weighted by Gasteiger charge is -2.06. The third-order valence-corrected chi connectivity index (χ3v) is 2.85. The van der Waals surface area contributed by atoms with E-state index in [2.05, 4.69) is 0 Å². The second-order valence-electron chi connectivity index (χ2n) is 3.09. The maximum absolute atomic E-state index is 9.39. The molecule has 14 heavy (non-hydrogen) atoms. The molecule has 0 aliphatic heterocycles. The average Bonchev–Trinajstić information content (AvgIpc) is 2.19. The Morgan fingerprint density at radius 2 is 2.29 bits per heavy atom. The molecule has 1 aromatic rings. The summed E-state index contributed by atoms with van der Waals surface area (Å²) < 4.78 is 4.97. The minimum absolute atomic E-state index is 0.391. The van der Waals surface area contributed by atoms with Gasteiger partial charge < -0.3 is 9.84 Å². The minimum atomic E-state index is -0.391. The van der Waals surface area contributed by atoms with Crippen molar-refractivity contribution in [2.24, 2.45) is 0 Å². The zero-order valence-corrected chi connectivity index (χ0v) is 9.38. The van der Waals surface area contributed by atoms with Crippen LogP contribution in [0.15, 0.2) is 29.2 Å². The molecular formula is C11H16O2S. The van der Waals surface area contributed by atoms with Crippen molar-refractivity contribution in [2.45, 2.75) is 17.9 Å². The number of aliphatic hydroxyl groups is 1. The molecule has 1 atom stereocenters. The first-order valence-electron chi connectivity index (χ1n) is 4.64. The van der Waals surface area contributed by atoms with E-state index < -0.39 is 6.10 Å². The predicted octanol–water partition coefficient (Wildman–Crippen LogP) is 2.48. The van der Waals surface area contributed by atoms with E-state index in [4.69, 9.17) is 4.74 Å². The fourth-order valence-electron chi connectivity index (χ4n) is 1.11. The number of thioether (sulfide) groups is 1. The van der Waals surface area contributed by atoms with Crippen LogP contribution in [0.1, 0.15) is 18.6 Å². The standard InChI is InChI=1S/C11H16O2S/c1-9(12)10-4-3-5-11(8-10)14-7-6-13-2/h3-5,8-9,12H,6-7H2,1-2H3. The molecule has 78 valence electrons. The Morgan fingerprint density at radius 3 is 2.93 bits per heavy atom. The lowest BCUT2D eigenvalue weighted by Crippen LogP contribution is -1.93. The van der Waals surface area contributed by atoms with Crippen LogP contribution in [0.2, 0.25) is 0 Å². The predicted molar refractivity (Wildman–Crippen MR) is 59.7 cm³/mol. The third kappa shape index (κ3) is 3.70. The zero-order valence-electron chi connectivity index (χ0n) is 8.56.